The third kappa shape index (κ3) is 4.16. The number of carbonyl (C=O) groups is 1. The maximum Gasteiger partial charge on any atom is 0.502 e. The predicted octanol–water partition coefficient (Wildman–Crippen LogP) is 2.84. The minimum atomic E-state index is -0.740. The van der Waals surface area contributed by atoms with E-state index in [2.05, 4.69) is 0 Å². The van der Waals surface area contributed by atoms with Crippen LogP contribution in [0.3, 0.4) is 0 Å². The summed E-state index contributed by atoms with van der Waals surface area (Å²) >= 11 is 0. The summed E-state index contributed by atoms with van der Waals surface area (Å²) in [4.78, 5) is 14.1. The van der Waals surface area contributed by atoms with Crippen molar-refractivity contribution in [2.24, 2.45) is 0 Å². The summed E-state index contributed by atoms with van der Waals surface area (Å²) in [5, 5.41) is 0. The Morgan fingerprint density at radius 2 is 1.52 bits per heavy atom. The molecule has 150 valence electrons. The Labute approximate surface area is 162 Å². The van der Waals surface area contributed by atoms with E-state index in [9.17, 15) is 4.79 Å². The number of amides is 1. The van der Waals surface area contributed by atoms with Crippen LogP contribution in [0.15, 0.2) is 12.1 Å². The lowest BCUT2D eigenvalue weighted by Crippen LogP contribution is -2.41. The number of hydrogen-bond donors (Lipinski definition) is 0. The molecule has 1 aliphatic heterocycles. The molecule has 1 aromatic rings. The van der Waals surface area contributed by atoms with Gasteiger partial charge < -0.3 is 28.4 Å². The number of rotatable bonds is 6. The highest BCUT2D eigenvalue weighted by Gasteiger charge is 2.53. The SMILES string of the molecule is CCN(CC)C(=O)Oc1cc(OC)cc(OC)c1B1OC(C)(C)C(C)(C)O1. The van der Waals surface area contributed by atoms with Crippen molar-refractivity contribution in [2.45, 2.75) is 52.7 Å². The van der Waals surface area contributed by atoms with Crippen molar-refractivity contribution in [3.05, 3.63) is 12.1 Å². The minimum Gasteiger partial charge on any atom is -0.497 e. The second kappa shape index (κ2) is 7.98. The zero-order valence-corrected chi connectivity index (χ0v) is 17.5. The second-order valence-electron chi connectivity index (χ2n) is 7.37. The van der Waals surface area contributed by atoms with Crippen molar-refractivity contribution in [3.63, 3.8) is 0 Å². The summed E-state index contributed by atoms with van der Waals surface area (Å²) in [7, 11) is 2.34. The Morgan fingerprint density at radius 3 is 1.96 bits per heavy atom. The molecule has 1 fully saturated rings. The fourth-order valence-electron chi connectivity index (χ4n) is 2.78. The van der Waals surface area contributed by atoms with E-state index in [-0.39, 0.29) is 0 Å². The topological polar surface area (TPSA) is 66.5 Å². The van der Waals surface area contributed by atoms with E-state index in [1.54, 1.807) is 31.3 Å². The van der Waals surface area contributed by atoms with Crippen molar-refractivity contribution in [1.82, 2.24) is 4.90 Å². The highest BCUT2D eigenvalue weighted by molar-refractivity contribution is 6.64. The first kappa shape index (κ1) is 21.4. The Hall–Kier alpha value is -1.93. The molecule has 0 aromatic heterocycles. The van der Waals surface area contributed by atoms with Crippen molar-refractivity contribution < 1.29 is 28.3 Å². The molecule has 0 unspecified atom stereocenters. The van der Waals surface area contributed by atoms with Crippen molar-refractivity contribution in [3.8, 4) is 17.2 Å². The summed E-state index contributed by atoms with van der Waals surface area (Å²) in [5.74, 6) is 1.27. The van der Waals surface area contributed by atoms with Gasteiger partial charge in [0.25, 0.3) is 0 Å². The molecule has 1 saturated heterocycles. The summed E-state index contributed by atoms with van der Waals surface area (Å²) in [6, 6.07) is 3.36. The van der Waals surface area contributed by atoms with Crippen LogP contribution in [0.25, 0.3) is 0 Å². The molecule has 7 nitrogen and oxygen atoms in total. The molecule has 8 heteroatoms. The number of methoxy groups -OCH3 is 2. The zero-order chi connectivity index (χ0) is 20.4. The third-order valence-corrected chi connectivity index (χ3v) is 5.24. The third-order valence-electron chi connectivity index (χ3n) is 5.24. The van der Waals surface area contributed by atoms with Gasteiger partial charge in [0.15, 0.2) is 0 Å². The van der Waals surface area contributed by atoms with E-state index >= 15 is 0 Å². The van der Waals surface area contributed by atoms with Crippen LogP contribution in [0.4, 0.5) is 4.79 Å². The number of nitrogens with zero attached hydrogens (tertiary/aromatic N) is 1. The fourth-order valence-corrected chi connectivity index (χ4v) is 2.78. The molecular formula is C19H30BNO6. The van der Waals surface area contributed by atoms with E-state index < -0.39 is 24.4 Å². The molecule has 0 saturated carbocycles. The molecule has 1 aliphatic rings. The highest BCUT2D eigenvalue weighted by atomic mass is 16.7. The molecule has 0 spiro atoms. The van der Waals surface area contributed by atoms with Gasteiger partial charge in [-0.2, -0.15) is 0 Å². The molecule has 0 bridgehead atoms. The number of carbonyl (C=O) groups excluding carboxylic acids is 1. The lowest BCUT2D eigenvalue weighted by Gasteiger charge is -2.32. The first-order valence-electron chi connectivity index (χ1n) is 9.18. The highest BCUT2D eigenvalue weighted by Crippen LogP contribution is 2.39. The maximum atomic E-state index is 12.5. The van der Waals surface area contributed by atoms with Crippen molar-refractivity contribution in [1.29, 1.82) is 0 Å². The van der Waals surface area contributed by atoms with Gasteiger partial charge in [-0.05, 0) is 41.5 Å². The summed E-state index contributed by atoms with van der Waals surface area (Å²) < 4.78 is 28.8. The van der Waals surface area contributed by atoms with Gasteiger partial charge in [0, 0.05) is 25.2 Å². The molecule has 27 heavy (non-hydrogen) atoms. The molecule has 0 radical (unpaired) electrons. The van der Waals surface area contributed by atoms with Crippen LogP contribution < -0.4 is 19.7 Å². The molecule has 0 atom stereocenters. The average molecular weight is 379 g/mol. The van der Waals surface area contributed by atoms with Crippen LogP contribution >= 0.6 is 0 Å². The summed E-state index contributed by atoms with van der Waals surface area (Å²) in [6.07, 6.45) is -0.451. The Bertz CT molecular complexity index is 671. The minimum absolute atomic E-state index is 0.293. The predicted molar refractivity (Wildman–Crippen MR) is 104 cm³/mol. The lowest BCUT2D eigenvalue weighted by molar-refractivity contribution is 0.00578. The Morgan fingerprint density at radius 1 is 1.00 bits per heavy atom. The van der Waals surface area contributed by atoms with Gasteiger partial charge in [0.1, 0.15) is 17.2 Å². The van der Waals surface area contributed by atoms with Gasteiger partial charge >= 0.3 is 13.2 Å². The molecular weight excluding hydrogens is 349 g/mol. The zero-order valence-electron chi connectivity index (χ0n) is 17.5. The van der Waals surface area contributed by atoms with Crippen LogP contribution in [-0.4, -0.2) is 56.6 Å². The second-order valence-corrected chi connectivity index (χ2v) is 7.37. The molecule has 1 aromatic carbocycles. The van der Waals surface area contributed by atoms with Crippen molar-refractivity contribution in [2.75, 3.05) is 27.3 Å². The summed E-state index contributed by atoms with van der Waals surface area (Å²) in [5.41, 5.74) is -0.552. The Balaban J connectivity index is 2.50. The molecule has 0 N–H and O–H groups in total. The normalized spacial score (nSPS) is 17.6. The van der Waals surface area contributed by atoms with Gasteiger partial charge in [-0.25, -0.2) is 4.79 Å². The van der Waals surface area contributed by atoms with Gasteiger partial charge in [-0.1, -0.05) is 0 Å². The lowest BCUT2D eigenvalue weighted by atomic mass is 9.77. The van der Waals surface area contributed by atoms with Crippen molar-refractivity contribution >= 4 is 18.7 Å². The quantitative estimate of drug-likeness (QED) is 0.709. The van der Waals surface area contributed by atoms with E-state index in [0.29, 0.717) is 35.8 Å². The fraction of sp³-hybridized carbons (Fsp3) is 0.632. The van der Waals surface area contributed by atoms with E-state index in [1.165, 1.54) is 0 Å². The van der Waals surface area contributed by atoms with Crippen LogP contribution in [0.2, 0.25) is 0 Å². The molecule has 1 amide bonds. The van der Waals surface area contributed by atoms with E-state index in [0.717, 1.165) is 0 Å². The largest absolute Gasteiger partial charge is 0.502 e. The molecule has 0 aliphatic carbocycles. The number of ether oxygens (including phenoxy) is 3. The number of hydrogen-bond acceptors (Lipinski definition) is 6. The van der Waals surface area contributed by atoms with E-state index in [4.69, 9.17) is 23.5 Å². The van der Waals surface area contributed by atoms with Gasteiger partial charge in [0.2, 0.25) is 0 Å². The Kier molecular flexibility index (Phi) is 6.32. The smallest absolute Gasteiger partial charge is 0.497 e. The maximum absolute atomic E-state index is 12.5. The molecule has 1 heterocycles. The van der Waals surface area contributed by atoms with Gasteiger partial charge in [-0.15, -0.1) is 0 Å². The average Bonchev–Trinajstić information content (AvgIpc) is 2.82. The van der Waals surface area contributed by atoms with Crippen LogP contribution in [0, 0.1) is 0 Å². The summed E-state index contributed by atoms with van der Waals surface area (Å²) in [6.45, 7) is 12.7. The monoisotopic (exact) mass is 379 g/mol. The van der Waals surface area contributed by atoms with Crippen LogP contribution in [0.1, 0.15) is 41.5 Å². The van der Waals surface area contributed by atoms with Crippen LogP contribution in [0.5, 0.6) is 17.2 Å². The first-order valence-corrected chi connectivity index (χ1v) is 9.18. The number of benzene rings is 1. The molecule has 2 rings (SSSR count). The van der Waals surface area contributed by atoms with Crippen LogP contribution in [-0.2, 0) is 9.31 Å². The van der Waals surface area contributed by atoms with E-state index in [1.807, 2.05) is 41.5 Å². The van der Waals surface area contributed by atoms with Gasteiger partial charge in [-0.3, -0.25) is 0 Å². The first-order chi connectivity index (χ1) is 12.6. The van der Waals surface area contributed by atoms with Gasteiger partial charge in [0.05, 0.1) is 30.9 Å². The standard InChI is InChI=1S/C19H30BNO6/c1-9-21(10-2)17(22)25-15-12-13(23-7)11-14(24-8)16(15)20-26-18(3,4)19(5,6)27-20/h11-12H,9-10H2,1-8H3.